The number of nitrogens with one attached hydrogen (secondary N) is 1. The third-order valence-corrected chi connectivity index (χ3v) is 5.88. The summed E-state index contributed by atoms with van der Waals surface area (Å²) in [6, 6.07) is 18.6. The van der Waals surface area contributed by atoms with Gasteiger partial charge in [-0.25, -0.2) is 4.98 Å². The SMILES string of the molecule is O=C(COc1ccc(Cl)cc1)Nc1ccc(N2CCN(Cc3ccccc3Cl)CC2)nc1. The van der Waals surface area contributed by atoms with Crippen molar-refractivity contribution in [2.75, 3.05) is 43.0 Å². The normalized spacial score (nSPS) is 14.2. The average Bonchev–Trinajstić information content (AvgIpc) is 2.81. The number of aromatic nitrogens is 1. The van der Waals surface area contributed by atoms with Crippen molar-refractivity contribution >= 4 is 40.6 Å². The van der Waals surface area contributed by atoms with E-state index in [-0.39, 0.29) is 12.5 Å². The predicted molar refractivity (Wildman–Crippen MR) is 129 cm³/mol. The molecule has 4 rings (SSSR count). The first kappa shape index (κ1) is 22.4. The summed E-state index contributed by atoms with van der Waals surface area (Å²) in [6.45, 7) is 4.41. The molecule has 2 aromatic carbocycles. The molecule has 0 radical (unpaired) electrons. The van der Waals surface area contributed by atoms with Gasteiger partial charge in [0.1, 0.15) is 11.6 Å². The largest absolute Gasteiger partial charge is 0.484 e. The summed E-state index contributed by atoms with van der Waals surface area (Å²) in [6.07, 6.45) is 1.67. The minimum Gasteiger partial charge on any atom is -0.484 e. The standard InChI is InChI=1S/C24H24Cl2N4O2/c25-19-5-8-21(9-6-19)32-17-24(31)28-20-7-10-23(27-15-20)30-13-11-29(12-14-30)16-18-3-1-2-4-22(18)26/h1-10,15H,11-14,16-17H2,(H,28,31). The molecule has 1 fully saturated rings. The van der Waals surface area contributed by atoms with Crippen LogP contribution in [0.4, 0.5) is 11.5 Å². The Morgan fingerprint density at radius 1 is 0.969 bits per heavy atom. The first-order valence-corrected chi connectivity index (χ1v) is 11.2. The molecule has 0 aliphatic carbocycles. The lowest BCUT2D eigenvalue weighted by atomic mass is 10.2. The van der Waals surface area contributed by atoms with Crippen molar-refractivity contribution in [2.24, 2.45) is 0 Å². The Bertz CT molecular complexity index is 1040. The summed E-state index contributed by atoms with van der Waals surface area (Å²) in [5, 5.41) is 4.23. The monoisotopic (exact) mass is 470 g/mol. The van der Waals surface area contributed by atoms with Crippen molar-refractivity contribution in [3.05, 3.63) is 82.5 Å². The molecule has 3 aromatic rings. The van der Waals surface area contributed by atoms with Crippen LogP contribution in [0.1, 0.15) is 5.56 Å². The van der Waals surface area contributed by atoms with E-state index in [1.54, 1.807) is 30.5 Å². The Labute approximate surface area is 197 Å². The molecule has 1 aromatic heterocycles. The lowest BCUT2D eigenvalue weighted by molar-refractivity contribution is -0.118. The van der Waals surface area contributed by atoms with Gasteiger partial charge in [-0.3, -0.25) is 9.69 Å². The molecule has 1 saturated heterocycles. The molecule has 32 heavy (non-hydrogen) atoms. The topological polar surface area (TPSA) is 57.7 Å². The number of nitrogens with zero attached hydrogens (tertiary/aromatic N) is 3. The molecule has 0 unspecified atom stereocenters. The molecule has 6 nitrogen and oxygen atoms in total. The summed E-state index contributed by atoms with van der Waals surface area (Å²) >= 11 is 12.1. The highest BCUT2D eigenvalue weighted by atomic mass is 35.5. The maximum Gasteiger partial charge on any atom is 0.262 e. The molecule has 166 valence electrons. The molecule has 8 heteroatoms. The van der Waals surface area contributed by atoms with E-state index in [4.69, 9.17) is 27.9 Å². The fourth-order valence-corrected chi connectivity index (χ4v) is 3.85. The average molecular weight is 471 g/mol. The number of amides is 1. The van der Waals surface area contributed by atoms with Gasteiger partial charge in [0.2, 0.25) is 0 Å². The number of carbonyl (C=O) groups is 1. The highest BCUT2D eigenvalue weighted by Gasteiger charge is 2.19. The lowest BCUT2D eigenvalue weighted by Crippen LogP contribution is -2.46. The Balaban J connectivity index is 1.23. The summed E-state index contributed by atoms with van der Waals surface area (Å²) in [4.78, 5) is 21.3. The maximum absolute atomic E-state index is 12.1. The van der Waals surface area contributed by atoms with Crippen LogP contribution < -0.4 is 15.0 Å². The van der Waals surface area contributed by atoms with E-state index >= 15 is 0 Å². The van der Waals surface area contributed by atoms with Crippen LogP contribution in [0.3, 0.4) is 0 Å². The van der Waals surface area contributed by atoms with Gasteiger partial charge in [-0.1, -0.05) is 41.4 Å². The van der Waals surface area contributed by atoms with Crippen molar-refractivity contribution in [1.29, 1.82) is 0 Å². The van der Waals surface area contributed by atoms with Gasteiger partial charge in [-0.2, -0.15) is 0 Å². The van der Waals surface area contributed by atoms with Gasteiger partial charge in [0.05, 0.1) is 11.9 Å². The Kier molecular flexibility index (Phi) is 7.47. The van der Waals surface area contributed by atoms with Gasteiger partial charge in [0.15, 0.2) is 6.61 Å². The second-order valence-corrected chi connectivity index (χ2v) is 8.39. The second-order valence-electron chi connectivity index (χ2n) is 7.55. The van der Waals surface area contributed by atoms with E-state index in [2.05, 4.69) is 26.2 Å². The number of piperazine rings is 1. The molecule has 2 heterocycles. The van der Waals surface area contributed by atoms with Crippen molar-refractivity contribution < 1.29 is 9.53 Å². The first-order chi connectivity index (χ1) is 15.6. The molecule has 1 N–H and O–H groups in total. The first-order valence-electron chi connectivity index (χ1n) is 10.4. The van der Waals surface area contributed by atoms with E-state index in [1.165, 1.54) is 0 Å². The Morgan fingerprint density at radius 2 is 1.72 bits per heavy atom. The second kappa shape index (κ2) is 10.7. The van der Waals surface area contributed by atoms with Crippen LogP contribution in [0.25, 0.3) is 0 Å². The fraction of sp³-hybridized carbons (Fsp3) is 0.250. The van der Waals surface area contributed by atoms with Crippen molar-refractivity contribution in [3.63, 3.8) is 0 Å². The van der Waals surface area contributed by atoms with E-state index in [1.807, 2.05) is 30.3 Å². The van der Waals surface area contributed by atoms with Gasteiger partial charge < -0.3 is 15.0 Å². The smallest absolute Gasteiger partial charge is 0.262 e. The summed E-state index contributed by atoms with van der Waals surface area (Å²) in [5.74, 6) is 1.24. The van der Waals surface area contributed by atoms with E-state index in [9.17, 15) is 4.79 Å². The van der Waals surface area contributed by atoms with Crippen LogP contribution in [-0.2, 0) is 11.3 Å². The zero-order chi connectivity index (χ0) is 22.3. The van der Waals surface area contributed by atoms with Gasteiger partial charge in [0, 0.05) is 42.8 Å². The molecule has 0 atom stereocenters. The van der Waals surface area contributed by atoms with Gasteiger partial charge in [-0.05, 0) is 48.0 Å². The third kappa shape index (κ3) is 6.13. The lowest BCUT2D eigenvalue weighted by Gasteiger charge is -2.35. The zero-order valence-electron chi connectivity index (χ0n) is 17.5. The number of carbonyl (C=O) groups excluding carboxylic acids is 1. The molecule has 0 saturated carbocycles. The number of hydrogen-bond donors (Lipinski definition) is 1. The van der Waals surface area contributed by atoms with Crippen LogP contribution in [0.2, 0.25) is 10.0 Å². The molecular weight excluding hydrogens is 447 g/mol. The summed E-state index contributed by atoms with van der Waals surface area (Å²) in [5.41, 5.74) is 1.79. The fourth-order valence-electron chi connectivity index (χ4n) is 3.53. The van der Waals surface area contributed by atoms with E-state index in [0.29, 0.717) is 16.5 Å². The highest BCUT2D eigenvalue weighted by Crippen LogP contribution is 2.20. The van der Waals surface area contributed by atoms with Gasteiger partial charge in [-0.15, -0.1) is 0 Å². The Hall–Kier alpha value is -2.80. The van der Waals surface area contributed by atoms with Crippen molar-refractivity contribution in [2.45, 2.75) is 6.54 Å². The van der Waals surface area contributed by atoms with E-state index in [0.717, 1.165) is 49.1 Å². The molecule has 0 bridgehead atoms. The molecular formula is C24H24Cl2N4O2. The van der Waals surface area contributed by atoms with Crippen LogP contribution in [0, 0.1) is 0 Å². The molecule has 1 amide bonds. The number of hydrogen-bond acceptors (Lipinski definition) is 5. The summed E-state index contributed by atoms with van der Waals surface area (Å²) < 4.78 is 5.46. The van der Waals surface area contributed by atoms with Crippen LogP contribution in [-0.4, -0.2) is 48.6 Å². The number of ether oxygens (including phenoxy) is 1. The van der Waals surface area contributed by atoms with Crippen LogP contribution in [0.5, 0.6) is 5.75 Å². The van der Waals surface area contributed by atoms with Crippen LogP contribution >= 0.6 is 23.2 Å². The van der Waals surface area contributed by atoms with Gasteiger partial charge in [0.25, 0.3) is 5.91 Å². The molecule has 0 spiro atoms. The minimum atomic E-state index is -0.248. The number of anilines is 2. The highest BCUT2D eigenvalue weighted by molar-refractivity contribution is 6.31. The molecule has 1 aliphatic heterocycles. The van der Waals surface area contributed by atoms with Crippen LogP contribution in [0.15, 0.2) is 66.9 Å². The number of rotatable bonds is 7. The zero-order valence-corrected chi connectivity index (χ0v) is 19.0. The molecule has 1 aliphatic rings. The summed E-state index contributed by atoms with van der Waals surface area (Å²) in [7, 11) is 0. The Morgan fingerprint density at radius 3 is 2.41 bits per heavy atom. The third-order valence-electron chi connectivity index (χ3n) is 5.26. The predicted octanol–water partition coefficient (Wildman–Crippen LogP) is 4.73. The quantitative estimate of drug-likeness (QED) is 0.540. The van der Waals surface area contributed by atoms with Crippen molar-refractivity contribution in [3.8, 4) is 5.75 Å². The van der Waals surface area contributed by atoms with Gasteiger partial charge >= 0.3 is 0 Å². The van der Waals surface area contributed by atoms with E-state index < -0.39 is 0 Å². The number of benzene rings is 2. The number of pyridine rings is 1. The minimum absolute atomic E-state index is 0.0865. The maximum atomic E-state index is 12.1. The number of halogens is 2. The van der Waals surface area contributed by atoms with Crippen molar-refractivity contribution in [1.82, 2.24) is 9.88 Å².